The number of aryl methyl sites for hydroxylation is 1. The van der Waals surface area contributed by atoms with E-state index in [-0.39, 0.29) is 0 Å². The van der Waals surface area contributed by atoms with Crippen LogP contribution in [0.1, 0.15) is 107 Å². The summed E-state index contributed by atoms with van der Waals surface area (Å²) in [6, 6.07) is 11.7. The third kappa shape index (κ3) is 7.38. The van der Waals surface area contributed by atoms with E-state index in [1.54, 1.807) is 17.2 Å². The lowest BCUT2D eigenvalue weighted by atomic mass is 9.70. The van der Waals surface area contributed by atoms with Crippen molar-refractivity contribution >= 4 is 0 Å². The standard InChI is InChI=1S/C30H43N/c1-3-4-5-6-7-9-25-13-17-29(18-14-25)30-21-19-28(20-22-30)24(2)27-15-11-26(12-16-27)10-8-23-31/h8,10,13-14,17-18,26-28,30H,2-7,9,11-12,15-16,19-22H2,1H3/b10-8+/t26-,27-,28-,30-. The minimum atomic E-state index is 0.610. The minimum absolute atomic E-state index is 0.610. The molecule has 0 bridgehead atoms. The lowest BCUT2D eigenvalue weighted by Gasteiger charge is -2.36. The van der Waals surface area contributed by atoms with Gasteiger partial charge in [0.2, 0.25) is 0 Å². The van der Waals surface area contributed by atoms with E-state index < -0.39 is 0 Å². The van der Waals surface area contributed by atoms with Gasteiger partial charge in [-0.15, -0.1) is 0 Å². The van der Waals surface area contributed by atoms with Crippen LogP contribution in [0.3, 0.4) is 0 Å². The van der Waals surface area contributed by atoms with Crippen LogP contribution in [0.25, 0.3) is 0 Å². The Morgan fingerprint density at radius 2 is 1.52 bits per heavy atom. The molecule has 0 amide bonds. The van der Waals surface area contributed by atoms with E-state index in [2.05, 4.69) is 49.9 Å². The molecule has 0 saturated heterocycles. The Morgan fingerprint density at radius 3 is 2.13 bits per heavy atom. The molecular weight excluding hydrogens is 374 g/mol. The summed E-state index contributed by atoms with van der Waals surface area (Å²) in [5.41, 5.74) is 4.62. The van der Waals surface area contributed by atoms with Crippen molar-refractivity contribution in [1.29, 1.82) is 5.26 Å². The lowest BCUT2D eigenvalue weighted by Crippen LogP contribution is -2.22. The summed E-state index contributed by atoms with van der Waals surface area (Å²) in [4.78, 5) is 0. The smallest absolute Gasteiger partial charge is 0.0908 e. The average Bonchev–Trinajstić information content (AvgIpc) is 2.83. The second-order valence-corrected chi connectivity index (χ2v) is 10.1. The summed E-state index contributed by atoms with van der Waals surface area (Å²) in [6.45, 7) is 6.86. The van der Waals surface area contributed by atoms with Gasteiger partial charge in [0, 0.05) is 6.08 Å². The van der Waals surface area contributed by atoms with Gasteiger partial charge in [0.15, 0.2) is 0 Å². The summed E-state index contributed by atoms with van der Waals surface area (Å²) in [5.74, 6) is 2.80. The predicted octanol–water partition coefficient (Wildman–Crippen LogP) is 8.92. The van der Waals surface area contributed by atoms with Gasteiger partial charge in [0.1, 0.15) is 0 Å². The largest absolute Gasteiger partial charge is 0.193 e. The molecule has 0 heterocycles. The molecule has 0 radical (unpaired) electrons. The molecule has 31 heavy (non-hydrogen) atoms. The molecule has 2 saturated carbocycles. The van der Waals surface area contributed by atoms with E-state index in [0.29, 0.717) is 11.8 Å². The molecule has 168 valence electrons. The van der Waals surface area contributed by atoms with Crippen LogP contribution in [0.15, 0.2) is 48.6 Å². The highest BCUT2D eigenvalue weighted by atomic mass is 14.3. The van der Waals surface area contributed by atoms with Gasteiger partial charge < -0.3 is 0 Å². The first-order valence-corrected chi connectivity index (χ1v) is 13.0. The molecule has 0 atom stereocenters. The Labute approximate surface area is 191 Å². The van der Waals surface area contributed by atoms with Crippen molar-refractivity contribution in [3.05, 3.63) is 59.7 Å². The van der Waals surface area contributed by atoms with Crippen LogP contribution in [0.2, 0.25) is 0 Å². The summed E-state index contributed by atoms with van der Waals surface area (Å²) < 4.78 is 0. The number of hydrogen-bond donors (Lipinski definition) is 0. The molecule has 1 nitrogen and oxygen atoms in total. The molecule has 1 heteroatoms. The van der Waals surface area contributed by atoms with Crippen LogP contribution >= 0.6 is 0 Å². The second-order valence-electron chi connectivity index (χ2n) is 10.1. The quantitative estimate of drug-likeness (QED) is 0.212. The molecule has 3 rings (SSSR count). The molecule has 1 aromatic rings. The maximum Gasteiger partial charge on any atom is 0.0908 e. The number of nitrogens with zero attached hydrogens (tertiary/aromatic N) is 1. The predicted molar refractivity (Wildman–Crippen MR) is 133 cm³/mol. The number of unbranched alkanes of at least 4 members (excludes halogenated alkanes) is 4. The van der Waals surface area contributed by atoms with E-state index in [1.165, 1.54) is 95.5 Å². The Hall–Kier alpha value is -1.81. The number of hydrogen-bond acceptors (Lipinski definition) is 1. The Morgan fingerprint density at radius 1 is 0.903 bits per heavy atom. The molecule has 2 aliphatic rings. The van der Waals surface area contributed by atoms with Gasteiger partial charge in [-0.05, 0) is 99.0 Å². The minimum Gasteiger partial charge on any atom is -0.193 e. The molecule has 0 aliphatic heterocycles. The Kier molecular flexibility index (Phi) is 9.92. The van der Waals surface area contributed by atoms with Crippen molar-refractivity contribution < 1.29 is 0 Å². The van der Waals surface area contributed by atoms with Crippen molar-refractivity contribution in [1.82, 2.24) is 0 Å². The first-order valence-electron chi connectivity index (χ1n) is 13.0. The van der Waals surface area contributed by atoms with Crippen LogP contribution < -0.4 is 0 Å². The molecule has 1 aromatic carbocycles. The third-order valence-electron chi connectivity index (χ3n) is 8.01. The number of allylic oxidation sites excluding steroid dienone is 3. The Bertz CT molecular complexity index is 719. The van der Waals surface area contributed by atoms with Gasteiger partial charge in [-0.25, -0.2) is 0 Å². The molecule has 0 unspecified atom stereocenters. The lowest BCUT2D eigenvalue weighted by molar-refractivity contribution is 0.290. The van der Waals surface area contributed by atoms with Crippen LogP contribution in [0.5, 0.6) is 0 Å². The normalized spacial score (nSPS) is 26.6. The fourth-order valence-corrected chi connectivity index (χ4v) is 5.88. The van der Waals surface area contributed by atoms with E-state index >= 15 is 0 Å². The van der Waals surface area contributed by atoms with Gasteiger partial charge >= 0.3 is 0 Å². The summed E-state index contributed by atoms with van der Waals surface area (Å²) in [5, 5.41) is 8.73. The van der Waals surface area contributed by atoms with Crippen LogP contribution in [-0.2, 0) is 6.42 Å². The maximum atomic E-state index is 8.73. The molecular formula is C30H43N. The monoisotopic (exact) mass is 417 g/mol. The van der Waals surface area contributed by atoms with Crippen LogP contribution in [0, 0.1) is 29.1 Å². The number of nitriles is 1. The van der Waals surface area contributed by atoms with Crippen molar-refractivity contribution in [3.8, 4) is 6.07 Å². The van der Waals surface area contributed by atoms with Gasteiger partial charge in [-0.3, -0.25) is 0 Å². The van der Waals surface area contributed by atoms with Crippen molar-refractivity contribution in [3.63, 3.8) is 0 Å². The molecule has 2 aliphatic carbocycles. The summed E-state index contributed by atoms with van der Waals surface area (Å²) in [7, 11) is 0. The maximum absolute atomic E-state index is 8.73. The van der Waals surface area contributed by atoms with Crippen molar-refractivity contribution in [2.24, 2.45) is 17.8 Å². The highest BCUT2D eigenvalue weighted by Crippen LogP contribution is 2.43. The Balaban J connectivity index is 1.40. The van der Waals surface area contributed by atoms with E-state index in [1.807, 2.05) is 0 Å². The zero-order chi connectivity index (χ0) is 21.9. The molecule has 2 fully saturated rings. The van der Waals surface area contributed by atoms with Gasteiger partial charge in [0.05, 0.1) is 6.07 Å². The number of benzene rings is 1. The van der Waals surface area contributed by atoms with Crippen molar-refractivity contribution in [2.45, 2.75) is 103 Å². The van der Waals surface area contributed by atoms with E-state index in [4.69, 9.17) is 5.26 Å². The molecule has 0 aromatic heterocycles. The second kappa shape index (κ2) is 12.9. The first kappa shape index (κ1) is 23.8. The molecule has 0 spiro atoms. The fraction of sp³-hybridized carbons (Fsp3) is 0.633. The molecule has 0 N–H and O–H groups in total. The SMILES string of the molecule is C=C([C@H]1CC[C@H](/C=C/C#N)CC1)[C@H]1CC[C@H](c2ccc(CCCCCCC)cc2)CC1. The zero-order valence-electron chi connectivity index (χ0n) is 19.8. The fourth-order valence-electron chi connectivity index (χ4n) is 5.88. The number of rotatable bonds is 10. The first-order chi connectivity index (χ1) is 15.2. The topological polar surface area (TPSA) is 23.8 Å². The van der Waals surface area contributed by atoms with Gasteiger partial charge in [0.25, 0.3) is 0 Å². The van der Waals surface area contributed by atoms with Gasteiger partial charge in [-0.2, -0.15) is 5.26 Å². The van der Waals surface area contributed by atoms with Gasteiger partial charge in [-0.1, -0.05) is 75.1 Å². The van der Waals surface area contributed by atoms with E-state index in [9.17, 15) is 0 Å². The third-order valence-corrected chi connectivity index (χ3v) is 8.01. The summed E-state index contributed by atoms with van der Waals surface area (Å²) in [6.07, 6.45) is 22.1. The highest BCUT2D eigenvalue weighted by molar-refractivity contribution is 5.26. The van der Waals surface area contributed by atoms with E-state index in [0.717, 1.165) is 11.8 Å². The van der Waals surface area contributed by atoms with Crippen LogP contribution in [0.4, 0.5) is 0 Å². The summed E-state index contributed by atoms with van der Waals surface area (Å²) >= 11 is 0. The van der Waals surface area contributed by atoms with Crippen LogP contribution in [-0.4, -0.2) is 0 Å². The zero-order valence-corrected chi connectivity index (χ0v) is 19.8. The highest BCUT2D eigenvalue weighted by Gasteiger charge is 2.29. The average molecular weight is 418 g/mol. The van der Waals surface area contributed by atoms with Crippen molar-refractivity contribution in [2.75, 3.05) is 0 Å².